The number of nitrogens with two attached hydrogens (primary N) is 1. The smallest absolute Gasteiger partial charge is 0.328 e. The van der Waals surface area contributed by atoms with E-state index in [1.807, 2.05) is 42.5 Å². The third kappa shape index (κ3) is 6.17. The Morgan fingerprint density at radius 1 is 1.16 bits per heavy atom. The second-order valence-corrected chi connectivity index (χ2v) is 7.57. The zero-order chi connectivity index (χ0) is 22.2. The molecule has 0 aliphatic heterocycles. The molecule has 10 heteroatoms. The molecule has 2 heterocycles. The first-order valence-electron chi connectivity index (χ1n) is 9.31. The lowest BCUT2D eigenvalue weighted by Gasteiger charge is -2.15. The number of hydrogen-bond donors (Lipinski definition) is 4. The van der Waals surface area contributed by atoms with Crippen LogP contribution in [0.3, 0.4) is 0 Å². The van der Waals surface area contributed by atoms with E-state index in [1.165, 1.54) is 30.6 Å². The number of hydrogen-bond acceptors (Lipinski definition) is 8. The maximum Gasteiger partial charge on any atom is 0.328 e. The van der Waals surface area contributed by atoms with Crippen molar-refractivity contribution in [2.45, 2.75) is 12.6 Å². The summed E-state index contributed by atoms with van der Waals surface area (Å²) in [5, 5.41) is 15.4. The number of anilines is 2. The average molecular weight is 442 g/mol. The highest BCUT2D eigenvalue weighted by atomic mass is 32.1. The van der Waals surface area contributed by atoms with E-state index >= 15 is 0 Å². The molecular formula is C21H22N4O5S. The van der Waals surface area contributed by atoms with Gasteiger partial charge in [0.1, 0.15) is 23.4 Å². The summed E-state index contributed by atoms with van der Waals surface area (Å²) in [4.78, 5) is 28.7. The van der Waals surface area contributed by atoms with Crippen LogP contribution in [0.25, 0.3) is 0 Å². The number of benzene rings is 1. The number of ether oxygens (including phenoxy) is 2. The summed E-state index contributed by atoms with van der Waals surface area (Å²) in [6.07, 6.45) is 0. The topological polar surface area (TPSA) is 136 Å². The van der Waals surface area contributed by atoms with Gasteiger partial charge in [-0.15, -0.1) is 11.3 Å². The predicted octanol–water partition coefficient (Wildman–Crippen LogP) is 2.96. The van der Waals surface area contributed by atoms with E-state index in [4.69, 9.17) is 20.3 Å². The van der Waals surface area contributed by atoms with E-state index in [9.17, 15) is 9.59 Å². The average Bonchev–Trinajstić information content (AvgIpc) is 3.19. The molecule has 1 aromatic carbocycles. The molecule has 1 atom stereocenters. The molecule has 0 bridgehead atoms. The molecule has 0 spiro atoms. The molecule has 0 aliphatic rings. The number of aliphatic carboxylic acids is 1. The maximum absolute atomic E-state index is 12.5. The largest absolute Gasteiger partial charge is 0.480 e. The summed E-state index contributed by atoms with van der Waals surface area (Å²) in [5.74, 6) is -0.510. The van der Waals surface area contributed by atoms with Crippen molar-refractivity contribution in [3.63, 3.8) is 0 Å². The molecule has 3 rings (SSSR count). The molecule has 31 heavy (non-hydrogen) atoms. The van der Waals surface area contributed by atoms with Gasteiger partial charge in [-0.05, 0) is 36.4 Å². The Labute approximate surface area is 182 Å². The summed E-state index contributed by atoms with van der Waals surface area (Å²) in [5.41, 5.74) is 6.09. The summed E-state index contributed by atoms with van der Waals surface area (Å²) >= 11 is 1.42. The van der Waals surface area contributed by atoms with Crippen LogP contribution in [0.4, 0.5) is 11.6 Å². The van der Waals surface area contributed by atoms with Crippen molar-refractivity contribution in [2.24, 2.45) is 0 Å². The van der Waals surface area contributed by atoms with E-state index in [0.29, 0.717) is 6.54 Å². The van der Waals surface area contributed by atoms with E-state index in [0.717, 1.165) is 15.7 Å². The van der Waals surface area contributed by atoms with Gasteiger partial charge in [0.2, 0.25) is 0 Å². The Morgan fingerprint density at radius 2 is 1.94 bits per heavy atom. The number of carboxylic acids is 1. The number of rotatable bonds is 10. The van der Waals surface area contributed by atoms with Gasteiger partial charge in [-0.1, -0.05) is 18.2 Å². The number of carbonyl (C=O) groups is 2. The molecule has 5 N–H and O–H groups in total. The molecule has 1 unspecified atom stereocenters. The second kappa shape index (κ2) is 10.4. The minimum atomic E-state index is -1.09. The number of methoxy groups -OCH3 is 1. The van der Waals surface area contributed by atoms with E-state index in [1.54, 1.807) is 0 Å². The van der Waals surface area contributed by atoms with Crippen LogP contribution in [-0.2, 0) is 16.1 Å². The normalized spacial score (nSPS) is 11.5. The molecule has 0 fully saturated rings. The van der Waals surface area contributed by atoms with Crippen molar-refractivity contribution in [1.82, 2.24) is 10.3 Å². The second-order valence-electron chi connectivity index (χ2n) is 6.44. The van der Waals surface area contributed by atoms with Crippen LogP contribution in [0, 0.1) is 0 Å². The number of carbonyl (C=O) groups excluding carboxylic acids is 1. The van der Waals surface area contributed by atoms with Crippen molar-refractivity contribution in [2.75, 3.05) is 24.8 Å². The molecule has 0 radical (unpaired) electrons. The number of amides is 1. The van der Waals surface area contributed by atoms with Crippen molar-refractivity contribution >= 4 is 34.8 Å². The minimum Gasteiger partial charge on any atom is -0.480 e. The van der Waals surface area contributed by atoms with E-state index < -0.39 is 12.0 Å². The predicted molar refractivity (Wildman–Crippen MR) is 118 cm³/mol. The highest BCUT2D eigenvalue weighted by Crippen LogP contribution is 2.29. The van der Waals surface area contributed by atoms with Gasteiger partial charge >= 0.3 is 5.97 Å². The number of para-hydroxylation sites is 1. The number of nitrogens with one attached hydrogen (secondary N) is 2. The van der Waals surface area contributed by atoms with Gasteiger partial charge in [-0.2, -0.15) is 0 Å². The zero-order valence-corrected chi connectivity index (χ0v) is 17.5. The summed E-state index contributed by atoms with van der Waals surface area (Å²) in [6.45, 7) is 0.256. The number of aromatic nitrogens is 1. The van der Waals surface area contributed by atoms with Gasteiger partial charge in [-0.25, -0.2) is 9.78 Å². The van der Waals surface area contributed by atoms with Crippen LogP contribution >= 0.6 is 11.3 Å². The summed E-state index contributed by atoms with van der Waals surface area (Å²) in [6, 6.07) is 15.1. The van der Waals surface area contributed by atoms with Gasteiger partial charge < -0.3 is 30.9 Å². The van der Waals surface area contributed by atoms with Crippen LogP contribution in [-0.4, -0.2) is 41.7 Å². The monoisotopic (exact) mass is 442 g/mol. The van der Waals surface area contributed by atoms with Crippen LogP contribution in [0.5, 0.6) is 10.8 Å². The fourth-order valence-corrected chi connectivity index (χ4v) is 3.46. The third-order valence-electron chi connectivity index (χ3n) is 4.14. The number of nitrogens with zero attached hydrogens (tertiary/aromatic N) is 1. The van der Waals surface area contributed by atoms with Gasteiger partial charge in [0.25, 0.3) is 5.91 Å². The van der Waals surface area contributed by atoms with Crippen molar-refractivity contribution < 1.29 is 24.2 Å². The summed E-state index contributed by atoms with van der Waals surface area (Å²) < 4.78 is 10.6. The number of thiophene rings is 1. The van der Waals surface area contributed by atoms with E-state index in [-0.39, 0.29) is 29.7 Å². The first-order valence-corrected chi connectivity index (χ1v) is 10.1. The summed E-state index contributed by atoms with van der Waals surface area (Å²) in [7, 11) is 1.40. The van der Waals surface area contributed by atoms with Gasteiger partial charge in [0, 0.05) is 12.0 Å². The zero-order valence-electron chi connectivity index (χ0n) is 16.7. The number of carboxylic acid groups (broad SMARTS) is 1. The lowest BCUT2D eigenvalue weighted by atomic mass is 10.2. The maximum atomic E-state index is 12.5. The highest BCUT2D eigenvalue weighted by molar-refractivity contribution is 7.13. The molecular weight excluding hydrogens is 420 g/mol. The van der Waals surface area contributed by atoms with Crippen LogP contribution < -0.4 is 21.1 Å². The third-order valence-corrected chi connectivity index (χ3v) is 5.11. The van der Waals surface area contributed by atoms with Crippen LogP contribution in [0.15, 0.2) is 54.6 Å². The Balaban J connectivity index is 1.57. The molecule has 0 saturated heterocycles. The van der Waals surface area contributed by atoms with Gasteiger partial charge in [-0.3, -0.25) is 4.79 Å². The quantitative estimate of drug-likeness (QED) is 0.376. The molecule has 3 aromatic rings. The van der Waals surface area contributed by atoms with E-state index in [2.05, 4.69) is 15.6 Å². The molecule has 1 amide bonds. The highest BCUT2D eigenvalue weighted by Gasteiger charge is 2.19. The molecule has 162 valence electrons. The Kier molecular flexibility index (Phi) is 7.41. The number of pyridine rings is 1. The van der Waals surface area contributed by atoms with Crippen molar-refractivity contribution in [3.8, 4) is 10.8 Å². The fourth-order valence-electron chi connectivity index (χ4n) is 2.64. The Hall–Kier alpha value is -3.63. The lowest BCUT2D eigenvalue weighted by molar-refractivity contribution is -0.139. The lowest BCUT2D eigenvalue weighted by Crippen LogP contribution is -2.34. The molecule has 9 nitrogen and oxygen atoms in total. The fraction of sp³-hybridized carbons (Fsp3) is 0.190. The van der Waals surface area contributed by atoms with Crippen LogP contribution in [0.2, 0.25) is 0 Å². The first kappa shape index (κ1) is 22.1. The van der Waals surface area contributed by atoms with Crippen molar-refractivity contribution in [1.29, 1.82) is 0 Å². The molecule has 0 saturated carbocycles. The first-order chi connectivity index (χ1) is 15.0. The van der Waals surface area contributed by atoms with Crippen molar-refractivity contribution in [3.05, 3.63) is 65.0 Å². The van der Waals surface area contributed by atoms with Gasteiger partial charge in [0.15, 0.2) is 5.06 Å². The Bertz CT molecular complexity index is 1040. The van der Waals surface area contributed by atoms with Crippen LogP contribution in [0.1, 0.15) is 15.2 Å². The minimum absolute atomic E-state index is 0.0108. The SMILES string of the molecule is COCC(Nc1ccc(C(=O)NCc2ccc(Oc3ccccc3)s2)c(N)n1)C(=O)O. The standard InChI is InChI=1S/C21H22N4O5S/c1-29-12-16(21(27)28)24-17-9-8-15(19(22)25-17)20(26)23-11-14-7-10-18(31-14)30-13-5-3-2-4-6-13/h2-10,16H,11-12H2,1H3,(H,23,26)(H,27,28)(H3,22,24,25). The van der Waals surface area contributed by atoms with Gasteiger partial charge in [0.05, 0.1) is 18.7 Å². The molecule has 0 aliphatic carbocycles. The number of nitrogen functional groups attached to an aromatic ring is 1. The molecule has 2 aromatic heterocycles. The Morgan fingerprint density at radius 3 is 2.61 bits per heavy atom.